The van der Waals surface area contributed by atoms with Gasteiger partial charge in [0.25, 0.3) is 5.91 Å². The van der Waals surface area contributed by atoms with Crippen molar-refractivity contribution in [2.75, 3.05) is 13.1 Å². The highest BCUT2D eigenvalue weighted by Crippen LogP contribution is 2.32. The Balaban J connectivity index is 1.88. The third-order valence-corrected chi connectivity index (χ3v) is 5.66. The molecule has 0 aromatic heterocycles. The Kier molecular flexibility index (Phi) is 5.20. The van der Waals surface area contributed by atoms with Crippen molar-refractivity contribution >= 4 is 5.91 Å². The summed E-state index contributed by atoms with van der Waals surface area (Å²) in [6.07, 6.45) is 1.04. The Morgan fingerprint density at radius 3 is 1.96 bits per heavy atom. The molecule has 0 saturated carbocycles. The van der Waals surface area contributed by atoms with E-state index in [2.05, 4.69) is 84.0 Å². The summed E-state index contributed by atoms with van der Waals surface area (Å²) in [6.45, 7) is 14.9. The molecule has 144 valence electrons. The van der Waals surface area contributed by atoms with Gasteiger partial charge in [0.05, 0.1) is 0 Å². The van der Waals surface area contributed by atoms with Gasteiger partial charge in [-0.2, -0.15) is 0 Å². The van der Waals surface area contributed by atoms with Crippen LogP contribution in [-0.4, -0.2) is 23.9 Å². The highest BCUT2D eigenvalue weighted by atomic mass is 16.2. The fourth-order valence-corrected chi connectivity index (χ4v) is 3.74. The quantitative estimate of drug-likeness (QED) is 0.649. The average molecular weight is 364 g/mol. The number of rotatable bonds is 2. The minimum atomic E-state index is 0.0217. The molecule has 0 radical (unpaired) electrons. The summed E-state index contributed by atoms with van der Waals surface area (Å²) < 4.78 is 0. The lowest BCUT2D eigenvalue weighted by molar-refractivity contribution is 0.0790. The molecule has 2 aromatic rings. The number of carbonyl (C=O) groups is 1. The van der Waals surface area contributed by atoms with Crippen LogP contribution in [0, 0.1) is 0 Å². The van der Waals surface area contributed by atoms with Gasteiger partial charge >= 0.3 is 0 Å². The van der Waals surface area contributed by atoms with Crippen LogP contribution in [0.5, 0.6) is 0 Å². The van der Waals surface area contributed by atoms with Gasteiger partial charge in [-0.15, -0.1) is 0 Å². The van der Waals surface area contributed by atoms with Crippen molar-refractivity contribution < 1.29 is 4.79 Å². The van der Waals surface area contributed by atoms with E-state index in [1.165, 1.54) is 16.7 Å². The SMILES string of the molecule is CC(C)(C)c1cc(C(=O)N2CC[C@@H](c3ccccc3)C2)cc(C(C)(C)C)c1. The minimum absolute atomic E-state index is 0.0217. The molecule has 27 heavy (non-hydrogen) atoms. The zero-order valence-electron chi connectivity index (χ0n) is 17.7. The predicted molar refractivity (Wildman–Crippen MR) is 114 cm³/mol. The molecule has 1 aliphatic rings. The van der Waals surface area contributed by atoms with E-state index in [-0.39, 0.29) is 16.7 Å². The molecule has 1 heterocycles. The van der Waals surface area contributed by atoms with Crippen molar-refractivity contribution in [2.24, 2.45) is 0 Å². The third-order valence-electron chi connectivity index (χ3n) is 5.66. The summed E-state index contributed by atoms with van der Waals surface area (Å²) >= 11 is 0. The van der Waals surface area contributed by atoms with E-state index in [1.54, 1.807) is 0 Å². The van der Waals surface area contributed by atoms with Gasteiger partial charge < -0.3 is 4.90 Å². The molecule has 0 bridgehead atoms. The molecular weight excluding hydrogens is 330 g/mol. The van der Waals surface area contributed by atoms with Crippen LogP contribution >= 0.6 is 0 Å². The number of hydrogen-bond donors (Lipinski definition) is 0. The molecule has 0 N–H and O–H groups in total. The molecule has 2 nitrogen and oxygen atoms in total. The van der Waals surface area contributed by atoms with Crippen LogP contribution in [0.4, 0.5) is 0 Å². The second-order valence-electron chi connectivity index (χ2n) is 9.95. The van der Waals surface area contributed by atoms with Crippen molar-refractivity contribution in [1.82, 2.24) is 4.90 Å². The second kappa shape index (κ2) is 7.14. The normalized spacial score (nSPS) is 18.0. The standard InChI is InChI=1S/C25H33NO/c1-24(2,3)21-14-20(15-22(16-21)25(4,5)6)23(27)26-13-12-19(17-26)18-10-8-7-9-11-18/h7-11,14-16,19H,12-13,17H2,1-6H3/t19-/m1/s1. The summed E-state index contributed by atoms with van der Waals surface area (Å²) in [7, 11) is 0. The van der Waals surface area contributed by atoms with Crippen molar-refractivity contribution in [3.8, 4) is 0 Å². The molecular formula is C25H33NO. The van der Waals surface area contributed by atoms with Crippen molar-refractivity contribution in [3.05, 3.63) is 70.8 Å². The zero-order valence-corrected chi connectivity index (χ0v) is 17.7. The third kappa shape index (κ3) is 4.43. The first-order chi connectivity index (χ1) is 12.6. The maximum Gasteiger partial charge on any atom is 0.253 e. The van der Waals surface area contributed by atoms with E-state index in [0.717, 1.165) is 25.1 Å². The molecule has 1 fully saturated rings. The maximum absolute atomic E-state index is 13.3. The number of hydrogen-bond acceptors (Lipinski definition) is 1. The first-order valence-corrected chi connectivity index (χ1v) is 10.1. The minimum Gasteiger partial charge on any atom is -0.338 e. The van der Waals surface area contributed by atoms with Gasteiger partial charge in [0.15, 0.2) is 0 Å². The summed E-state index contributed by atoms with van der Waals surface area (Å²) in [5.41, 5.74) is 4.68. The van der Waals surface area contributed by atoms with E-state index in [9.17, 15) is 4.79 Å². The Bertz CT molecular complexity index is 776. The molecule has 1 aliphatic heterocycles. The lowest BCUT2D eigenvalue weighted by Gasteiger charge is -2.27. The maximum atomic E-state index is 13.3. The first-order valence-electron chi connectivity index (χ1n) is 10.1. The van der Waals surface area contributed by atoms with E-state index in [0.29, 0.717) is 5.92 Å². The molecule has 0 spiro atoms. The first kappa shape index (κ1) is 19.7. The van der Waals surface area contributed by atoms with Crippen LogP contribution < -0.4 is 0 Å². The van der Waals surface area contributed by atoms with Crippen LogP contribution in [0.2, 0.25) is 0 Å². The van der Waals surface area contributed by atoms with Crippen LogP contribution in [-0.2, 0) is 10.8 Å². The molecule has 0 unspecified atom stereocenters. The van der Waals surface area contributed by atoms with E-state index >= 15 is 0 Å². The van der Waals surface area contributed by atoms with Crippen LogP contribution in [0.25, 0.3) is 0 Å². The van der Waals surface area contributed by atoms with Crippen molar-refractivity contribution in [1.29, 1.82) is 0 Å². The topological polar surface area (TPSA) is 20.3 Å². The highest BCUT2D eigenvalue weighted by molar-refractivity contribution is 5.95. The molecule has 1 amide bonds. The summed E-state index contributed by atoms with van der Waals surface area (Å²) in [4.78, 5) is 15.3. The van der Waals surface area contributed by atoms with E-state index < -0.39 is 0 Å². The molecule has 1 saturated heterocycles. The number of benzene rings is 2. The summed E-state index contributed by atoms with van der Waals surface area (Å²) in [6, 6.07) is 17.1. The Morgan fingerprint density at radius 2 is 1.44 bits per heavy atom. The lowest BCUT2D eigenvalue weighted by Crippen LogP contribution is -2.29. The number of amides is 1. The highest BCUT2D eigenvalue weighted by Gasteiger charge is 2.29. The molecule has 2 aromatic carbocycles. The Hall–Kier alpha value is -2.09. The summed E-state index contributed by atoms with van der Waals surface area (Å²) in [5.74, 6) is 0.619. The van der Waals surface area contributed by atoms with E-state index in [4.69, 9.17) is 0 Å². The van der Waals surface area contributed by atoms with Gasteiger partial charge in [-0.3, -0.25) is 4.79 Å². The number of nitrogens with zero attached hydrogens (tertiary/aromatic N) is 1. The van der Waals surface area contributed by atoms with Gasteiger partial charge in [-0.25, -0.2) is 0 Å². The van der Waals surface area contributed by atoms with Crippen LogP contribution in [0.3, 0.4) is 0 Å². The lowest BCUT2D eigenvalue weighted by atomic mass is 9.79. The molecule has 0 aliphatic carbocycles. The molecule has 3 rings (SSSR count). The smallest absolute Gasteiger partial charge is 0.253 e. The largest absolute Gasteiger partial charge is 0.338 e. The fraction of sp³-hybridized carbons (Fsp3) is 0.480. The number of carbonyl (C=O) groups excluding carboxylic acids is 1. The molecule has 1 atom stereocenters. The van der Waals surface area contributed by atoms with Gasteiger partial charge in [-0.05, 0) is 46.1 Å². The van der Waals surface area contributed by atoms with Gasteiger partial charge in [0, 0.05) is 24.6 Å². The summed E-state index contributed by atoms with van der Waals surface area (Å²) in [5, 5.41) is 0. The second-order valence-corrected chi connectivity index (χ2v) is 9.95. The van der Waals surface area contributed by atoms with Crippen molar-refractivity contribution in [3.63, 3.8) is 0 Å². The fourth-order valence-electron chi connectivity index (χ4n) is 3.74. The Labute approximate surface area is 164 Å². The average Bonchev–Trinajstić information content (AvgIpc) is 3.10. The predicted octanol–water partition coefficient (Wildman–Crippen LogP) is 5.91. The van der Waals surface area contributed by atoms with Crippen LogP contribution in [0.1, 0.15) is 80.9 Å². The monoisotopic (exact) mass is 363 g/mol. The van der Waals surface area contributed by atoms with Gasteiger partial charge in [-0.1, -0.05) is 77.9 Å². The van der Waals surface area contributed by atoms with Crippen LogP contribution in [0.15, 0.2) is 48.5 Å². The zero-order chi connectivity index (χ0) is 19.8. The van der Waals surface area contributed by atoms with Crippen molar-refractivity contribution in [2.45, 2.75) is 64.7 Å². The number of likely N-dealkylation sites (tertiary alicyclic amines) is 1. The van der Waals surface area contributed by atoms with Gasteiger partial charge in [0.2, 0.25) is 0 Å². The van der Waals surface area contributed by atoms with E-state index in [1.807, 2.05) is 11.0 Å². The Morgan fingerprint density at radius 1 is 0.889 bits per heavy atom. The molecule has 2 heteroatoms. The van der Waals surface area contributed by atoms with Gasteiger partial charge in [0.1, 0.15) is 0 Å².